The average molecular weight is 537 g/mol. The first kappa shape index (κ1) is 28.1. The Morgan fingerprint density at radius 3 is 2.09 bits per heavy atom. The zero-order valence-electron chi connectivity index (χ0n) is 18.4. The molecule has 2 aromatic carbocycles. The second-order valence-corrected chi connectivity index (χ2v) is 9.43. The van der Waals surface area contributed by atoms with Gasteiger partial charge in [0.25, 0.3) is 0 Å². The molecule has 0 heterocycles. The number of hydrogen-bond donors (Lipinski definition) is 1. The summed E-state index contributed by atoms with van der Waals surface area (Å²) in [6.07, 6.45) is -5.44. The third-order valence-corrected chi connectivity index (χ3v) is 6.29. The number of rotatable bonds is 10. The minimum Gasteiger partial charge on any atom is -0.342 e. The molecule has 1 amide bonds. The normalized spacial score (nSPS) is 13.4. The lowest BCUT2D eigenvalue weighted by Crippen LogP contribution is -2.39. The van der Waals surface area contributed by atoms with E-state index < -0.39 is 47.9 Å². The summed E-state index contributed by atoms with van der Waals surface area (Å²) in [6.45, 7) is 2.88. The number of benzene rings is 2. The molecule has 2 atom stereocenters. The van der Waals surface area contributed by atoms with Crippen molar-refractivity contribution in [3.63, 3.8) is 0 Å². The quantitative estimate of drug-likeness (QED) is 0.363. The van der Waals surface area contributed by atoms with Gasteiger partial charge < -0.3 is 5.32 Å². The molecule has 0 saturated heterocycles. The number of ketones is 2. The molecular weight excluding hydrogens is 514 g/mol. The highest BCUT2D eigenvalue weighted by Crippen LogP contribution is 2.30. The molecule has 10 heteroatoms. The van der Waals surface area contributed by atoms with Crippen molar-refractivity contribution in [3.05, 3.63) is 68.7 Å². The molecule has 1 N–H and O–H groups in total. The number of aryl methyl sites for hydroxylation is 1. The Kier molecular flexibility index (Phi) is 9.97. The fourth-order valence-corrected chi connectivity index (χ4v) is 3.81. The van der Waals surface area contributed by atoms with E-state index in [-0.39, 0.29) is 6.42 Å². The number of alkyl halides is 3. The second-order valence-electron chi connectivity index (χ2n) is 8.18. The van der Waals surface area contributed by atoms with Crippen molar-refractivity contribution < 1.29 is 27.6 Å². The molecule has 0 fully saturated rings. The third-order valence-electron chi connectivity index (χ3n) is 5.30. The van der Waals surface area contributed by atoms with Gasteiger partial charge in [-0.2, -0.15) is 13.2 Å². The molecule has 0 aliphatic heterocycles. The molecule has 0 aromatic heterocycles. The first-order chi connectivity index (χ1) is 15.8. The summed E-state index contributed by atoms with van der Waals surface area (Å²) in [7, 11) is 0. The number of amides is 1. The summed E-state index contributed by atoms with van der Waals surface area (Å²) in [5, 5.41) is 3.68. The average Bonchev–Trinajstić information content (AvgIpc) is 2.76. The van der Waals surface area contributed by atoms with E-state index in [0.717, 1.165) is 5.56 Å². The fourth-order valence-electron chi connectivity index (χ4n) is 3.37. The van der Waals surface area contributed by atoms with Crippen molar-refractivity contribution in [2.45, 2.75) is 45.3 Å². The van der Waals surface area contributed by atoms with E-state index >= 15 is 0 Å². The van der Waals surface area contributed by atoms with E-state index in [9.17, 15) is 27.6 Å². The summed E-state index contributed by atoms with van der Waals surface area (Å²) in [5.41, 5.74) is 1.09. The van der Waals surface area contributed by atoms with E-state index in [1.807, 2.05) is 0 Å². The Hall–Kier alpha value is -2.09. The van der Waals surface area contributed by atoms with Gasteiger partial charge in [-0.05, 0) is 47.7 Å². The first-order valence-electron chi connectivity index (χ1n) is 10.4. The van der Waals surface area contributed by atoms with Crippen LogP contribution in [0.5, 0.6) is 0 Å². The maximum atomic E-state index is 13.1. The Bertz CT molecular complexity index is 1040. The molecule has 0 radical (unpaired) electrons. The van der Waals surface area contributed by atoms with Crippen LogP contribution >= 0.6 is 34.8 Å². The van der Waals surface area contributed by atoms with Crippen LogP contribution in [0.4, 0.5) is 13.2 Å². The van der Waals surface area contributed by atoms with E-state index in [4.69, 9.17) is 34.8 Å². The van der Waals surface area contributed by atoms with Crippen molar-refractivity contribution in [2.24, 2.45) is 11.8 Å². The predicted octanol–water partition coefficient (Wildman–Crippen LogP) is 6.80. The second kappa shape index (κ2) is 12.0. The SMILES string of the molecule is CC(C)[C@H](CC(=O)[C@@H](NC(=O)CCc1ccc(Cl)c(Cl)c1)c1ccc(Cl)cc1)C(=O)C(F)(F)F. The monoisotopic (exact) mass is 535 g/mol. The van der Waals surface area contributed by atoms with Crippen molar-refractivity contribution in [1.82, 2.24) is 5.32 Å². The molecule has 34 heavy (non-hydrogen) atoms. The van der Waals surface area contributed by atoms with Crippen molar-refractivity contribution in [1.29, 1.82) is 0 Å². The van der Waals surface area contributed by atoms with E-state index in [2.05, 4.69) is 5.32 Å². The smallest absolute Gasteiger partial charge is 0.342 e. The maximum Gasteiger partial charge on any atom is 0.450 e. The van der Waals surface area contributed by atoms with Gasteiger partial charge in [0.2, 0.25) is 11.7 Å². The minimum absolute atomic E-state index is 0.00950. The summed E-state index contributed by atoms with van der Waals surface area (Å²) in [4.78, 5) is 37.6. The van der Waals surface area contributed by atoms with Crippen molar-refractivity contribution in [3.8, 4) is 0 Å². The van der Waals surface area contributed by atoms with Crippen LogP contribution in [0.2, 0.25) is 15.1 Å². The largest absolute Gasteiger partial charge is 0.450 e. The van der Waals surface area contributed by atoms with Crippen LogP contribution in [-0.2, 0) is 20.8 Å². The van der Waals surface area contributed by atoms with Gasteiger partial charge in [0.15, 0.2) is 5.78 Å². The molecule has 184 valence electrons. The van der Waals surface area contributed by atoms with Gasteiger partial charge in [-0.15, -0.1) is 0 Å². The zero-order valence-corrected chi connectivity index (χ0v) is 20.7. The molecule has 4 nitrogen and oxygen atoms in total. The molecule has 0 unspecified atom stereocenters. The van der Waals surface area contributed by atoms with Gasteiger partial charge in [0, 0.05) is 23.8 Å². The molecule has 2 aromatic rings. The van der Waals surface area contributed by atoms with Gasteiger partial charge in [-0.25, -0.2) is 0 Å². The number of carbonyl (C=O) groups is 3. The van der Waals surface area contributed by atoms with Gasteiger partial charge in [0.1, 0.15) is 6.04 Å². The lowest BCUT2D eigenvalue weighted by atomic mass is 9.84. The minimum atomic E-state index is -5.06. The van der Waals surface area contributed by atoms with Gasteiger partial charge in [-0.1, -0.05) is 66.8 Å². The van der Waals surface area contributed by atoms with Crippen LogP contribution in [0.3, 0.4) is 0 Å². The molecule has 0 spiro atoms. The van der Waals surface area contributed by atoms with Gasteiger partial charge in [-0.3, -0.25) is 14.4 Å². The fraction of sp³-hybridized carbons (Fsp3) is 0.375. The number of hydrogen-bond acceptors (Lipinski definition) is 3. The van der Waals surface area contributed by atoms with Crippen molar-refractivity contribution >= 4 is 52.3 Å². The Labute approximate surface area is 210 Å². The molecule has 0 aliphatic rings. The standard InChI is InChI=1S/C24H23Cl3F3NO3/c1-13(2)17(23(34)24(28,29)30)12-20(32)22(15-5-7-16(25)8-6-15)31-21(33)10-4-14-3-9-18(26)19(27)11-14/h3,5-9,11,13,17,22H,4,10,12H2,1-2H3,(H,31,33)/t17-,22-/m0/s1. The number of halogens is 6. The van der Waals surface area contributed by atoms with Gasteiger partial charge >= 0.3 is 6.18 Å². The Balaban J connectivity index is 2.20. The highest BCUT2D eigenvalue weighted by atomic mass is 35.5. The molecule has 0 aliphatic carbocycles. The number of nitrogens with one attached hydrogen (secondary N) is 1. The van der Waals surface area contributed by atoms with Crippen LogP contribution < -0.4 is 5.32 Å². The predicted molar refractivity (Wildman–Crippen MR) is 126 cm³/mol. The summed E-state index contributed by atoms with van der Waals surface area (Å²) in [5.74, 6) is -5.45. The highest BCUT2D eigenvalue weighted by molar-refractivity contribution is 6.42. The van der Waals surface area contributed by atoms with Crippen LogP contribution in [0, 0.1) is 11.8 Å². The molecule has 2 rings (SSSR count). The summed E-state index contributed by atoms with van der Waals surface area (Å²) >= 11 is 17.8. The number of carbonyl (C=O) groups excluding carboxylic acids is 3. The Morgan fingerprint density at radius 2 is 1.56 bits per heavy atom. The van der Waals surface area contributed by atoms with E-state index in [1.165, 1.54) is 38.1 Å². The number of Topliss-reactive ketones (excluding diaryl/α,β-unsaturated/α-hetero) is 2. The van der Waals surface area contributed by atoms with E-state index in [1.54, 1.807) is 18.2 Å². The van der Waals surface area contributed by atoms with Crippen LogP contribution in [0.1, 0.15) is 43.9 Å². The summed E-state index contributed by atoms with van der Waals surface area (Å²) < 4.78 is 39.1. The lowest BCUT2D eigenvalue weighted by molar-refractivity contribution is -0.177. The zero-order chi connectivity index (χ0) is 25.6. The van der Waals surface area contributed by atoms with E-state index in [0.29, 0.717) is 27.1 Å². The lowest BCUT2D eigenvalue weighted by Gasteiger charge is -2.24. The highest BCUT2D eigenvalue weighted by Gasteiger charge is 2.45. The van der Waals surface area contributed by atoms with Gasteiger partial charge in [0.05, 0.1) is 10.0 Å². The van der Waals surface area contributed by atoms with Crippen LogP contribution in [-0.4, -0.2) is 23.6 Å². The van der Waals surface area contributed by atoms with Crippen LogP contribution in [0.25, 0.3) is 0 Å². The maximum absolute atomic E-state index is 13.1. The Morgan fingerprint density at radius 1 is 0.941 bits per heavy atom. The molecule has 0 bridgehead atoms. The first-order valence-corrected chi connectivity index (χ1v) is 11.6. The third kappa shape index (κ3) is 8.00. The molecule has 0 saturated carbocycles. The van der Waals surface area contributed by atoms with Crippen molar-refractivity contribution in [2.75, 3.05) is 0 Å². The molecular formula is C24H23Cl3F3NO3. The topological polar surface area (TPSA) is 63.2 Å². The van der Waals surface area contributed by atoms with Crippen LogP contribution in [0.15, 0.2) is 42.5 Å². The summed E-state index contributed by atoms with van der Waals surface area (Å²) in [6, 6.07) is 9.69.